The van der Waals surface area contributed by atoms with Crippen LogP contribution in [0.15, 0.2) is 79.0 Å². The highest BCUT2D eigenvalue weighted by molar-refractivity contribution is 6.20. The number of rotatable bonds is 4. The summed E-state index contributed by atoms with van der Waals surface area (Å²) in [6.07, 6.45) is 1.66. The predicted octanol–water partition coefficient (Wildman–Crippen LogP) is 3.91. The van der Waals surface area contributed by atoms with Crippen LogP contribution in [-0.2, 0) is 0 Å². The number of pyridine rings is 1. The van der Waals surface area contributed by atoms with E-state index in [2.05, 4.69) is 4.98 Å². The first-order valence-electron chi connectivity index (χ1n) is 7.01. The Hall–Kier alpha value is -3.07. The van der Waals surface area contributed by atoms with Crippen molar-refractivity contribution in [3.05, 3.63) is 101 Å². The Kier molecular flexibility index (Phi) is 3.88. The van der Waals surface area contributed by atoms with Gasteiger partial charge in [0.1, 0.15) is 0 Å². The summed E-state index contributed by atoms with van der Waals surface area (Å²) in [5.41, 5.74) is 3.52. The van der Waals surface area contributed by atoms with Gasteiger partial charge in [-0.1, -0.05) is 60.7 Å². The van der Waals surface area contributed by atoms with Crippen molar-refractivity contribution in [2.75, 3.05) is 0 Å². The van der Waals surface area contributed by atoms with Gasteiger partial charge < -0.3 is 0 Å². The molecular weight excluding hydrogens is 270 g/mol. The maximum Gasteiger partial charge on any atom is 0.0978 e. The van der Waals surface area contributed by atoms with E-state index in [1.165, 1.54) is 0 Å². The third-order valence-corrected chi connectivity index (χ3v) is 3.44. The van der Waals surface area contributed by atoms with E-state index in [4.69, 9.17) is 10.8 Å². The van der Waals surface area contributed by atoms with Gasteiger partial charge in [0.15, 0.2) is 0 Å². The minimum atomic E-state index is 0.330. The Morgan fingerprint density at radius 2 is 1.18 bits per heavy atom. The van der Waals surface area contributed by atoms with Crippen LogP contribution in [0.1, 0.15) is 22.4 Å². The molecule has 1 heterocycles. The van der Waals surface area contributed by atoms with Crippen molar-refractivity contribution in [1.29, 1.82) is 10.8 Å². The average molecular weight is 285 g/mol. The molecule has 2 N–H and O–H groups in total. The summed E-state index contributed by atoms with van der Waals surface area (Å²) in [4.78, 5) is 4.34. The van der Waals surface area contributed by atoms with Crippen LogP contribution in [-0.4, -0.2) is 16.4 Å². The standard InChI is InChI=1S/C19H15N3/c20-17(14-8-3-1-4-9-14)16-12-7-13-22-19(16)18(21)15-10-5-2-6-11-15/h1-13,20-21H. The molecule has 0 saturated heterocycles. The fourth-order valence-electron chi connectivity index (χ4n) is 2.31. The average Bonchev–Trinajstić information content (AvgIpc) is 2.62. The van der Waals surface area contributed by atoms with Gasteiger partial charge in [-0.3, -0.25) is 15.8 Å². The van der Waals surface area contributed by atoms with Crippen molar-refractivity contribution in [2.24, 2.45) is 0 Å². The van der Waals surface area contributed by atoms with Gasteiger partial charge in [-0.05, 0) is 12.1 Å². The molecule has 0 aliphatic heterocycles. The lowest BCUT2D eigenvalue weighted by atomic mass is 9.96. The third-order valence-electron chi connectivity index (χ3n) is 3.44. The number of hydrogen-bond acceptors (Lipinski definition) is 3. The Morgan fingerprint density at radius 1 is 0.636 bits per heavy atom. The van der Waals surface area contributed by atoms with Gasteiger partial charge in [0, 0.05) is 22.9 Å². The molecule has 1 aromatic heterocycles. The summed E-state index contributed by atoms with van der Waals surface area (Å²) in [6, 6.07) is 22.6. The monoisotopic (exact) mass is 285 g/mol. The Morgan fingerprint density at radius 3 is 1.77 bits per heavy atom. The SMILES string of the molecule is N=C(c1ccccc1)c1cccnc1C(=N)c1ccccc1. The van der Waals surface area contributed by atoms with Gasteiger partial charge in [0.25, 0.3) is 0 Å². The summed E-state index contributed by atoms with van der Waals surface area (Å²) >= 11 is 0. The molecule has 0 amide bonds. The zero-order valence-electron chi connectivity index (χ0n) is 12.0. The second-order valence-electron chi connectivity index (χ2n) is 4.88. The normalized spacial score (nSPS) is 10.2. The molecule has 106 valence electrons. The van der Waals surface area contributed by atoms with E-state index in [0.717, 1.165) is 11.1 Å². The molecule has 0 bridgehead atoms. The topological polar surface area (TPSA) is 60.6 Å². The van der Waals surface area contributed by atoms with Crippen LogP contribution in [0.5, 0.6) is 0 Å². The molecule has 3 rings (SSSR count). The third kappa shape index (κ3) is 2.69. The Balaban J connectivity index is 2.04. The molecule has 2 aromatic carbocycles. The van der Waals surface area contributed by atoms with Crippen molar-refractivity contribution in [3.8, 4) is 0 Å². The highest BCUT2D eigenvalue weighted by Gasteiger charge is 2.15. The largest absolute Gasteiger partial charge is 0.300 e. The van der Waals surface area contributed by atoms with Crippen molar-refractivity contribution in [3.63, 3.8) is 0 Å². The molecule has 0 radical (unpaired) electrons. The van der Waals surface area contributed by atoms with Crippen molar-refractivity contribution >= 4 is 11.4 Å². The highest BCUT2D eigenvalue weighted by Crippen LogP contribution is 2.16. The van der Waals surface area contributed by atoms with E-state index in [0.29, 0.717) is 22.7 Å². The van der Waals surface area contributed by atoms with E-state index < -0.39 is 0 Å². The molecule has 0 saturated carbocycles. The van der Waals surface area contributed by atoms with Gasteiger partial charge in [0.05, 0.1) is 17.1 Å². The molecule has 0 aliphatic carbocycles. The number of aromatic nitrogens is 1. The van der Waals surface area contributed by atoms with Crippen LogP contribution in [0.2, 0.25) is 0 Å². The molecular formula is C19H15N3. The number of nitrogens with one attached hydrogen (secondary N) is 2. The summed E-state index contributed by atoms with van der Waals surface area (Å²) < 4.78 is 0. The molecule has 0 aliphatic rings. The lowest BCUT2D eigenvalue weighted by Gasteiger charge is -2.11. The molecule has 22 heavy (non-hydrogen) atoms. The van der Waals surface area contributed by atoms with Crippen molar-refractivity contribution in [1.82, 2.24) is 4.98 Å². The Labute approximate surface area is 129 Å². The van der Waals surface area contributed by atoms with Gasteiger partial charge >= 0.3 is 0 Å². The van der Waals surface area contributed by atoms with Crippen molar-refractivity contribution < 1.29 is 0 Å². The summed E-state index contributed by atoms with van der Waals surface area (Å²) in [5.74, 6) is 0. The van der Waals surface area contributed by atoms with Gasteiger partial charge in [-0.25, -0.2) is 0 Å². The van der Waals surface area contributed by atoms with Crippen LogP contribution < -0.4 is 0 Å². The first-order chi connectivity index (χ1) is 10.8. The van der Waals surface area contributed by atoms with Crippen LogP contribution in [0.3, 0.4) is 0 Å². The molecule has 3 aromatic rings. The second kappa shape index (κ2) is 6.14. The maximum atomic E-state index is 8.43. The second-order valence-corrected chi connectivity index (χ2v) is 4.88. The first-order valence-corrected chi connectivity index (χ1v) is 7.01. The van der Waals surface area contributed by atoms with Gasteiger partial charge in [-0.15, -0.1) is 0 Å². The smallest absolute Gasteiger partial charge is 0.0978 e. The summed E-state index contributed by atoms with van der Waals surface area (Å²) in [6.45, 7) is 0. The van der Waals surface area contributed by atoms with Crippen LogP contribution in [0.4, 0.5) is 0 Å². The number of benzene rings is 2. The van der Waals surface area contributed by atoms with Crippen LogP contribution >= 0.6 is 0 Å². The zero-order chi connectivity index (χ0) is 15.4. The lowest BCUT2D eigenvalue weighted by Crippen LogP contribution is -2.13. The fraction of sp³-hybridized carbons (Fsp3) is 0. The molecule has 0 unspecified atom stereocenters. The lowest BCUT2D eigenvalue weighted by molar-refractivity contribution is 1.25. The predicted molar refractivity (Wildman–Crippen MR) is 89.0 cm³/mol. The molecule has 0 fully saturated rings. The van der Waals surface area contributed by atoms with E-state index in [-0.39, 0.29) is 0 Å². The quantitative estimate of drug-likeness (QED) is 0.701. The van der Waals surface area contributed by atoms with E-state index in [9.17, 15) is 0 Å². The van der Waals surface area contributed by atoms with Crippen LogP contribution in [0.25, 0.3) is 0 Å². The first kappa shape index (κ1) is 13.9. The molecule has 3 nitrogen and oxygen atoms in total. The minimum absolute atomic E-state index is 0.330. The highest BCUT2D eigenvalue weighted by atomic mass is 14.7. The Bertz CT molecular complexity index is 738. The van der Waals surface area contributed by atoms with E-state index in [1.807, 2.05) is 66.7 Å². The van der Waals surface area contributed by atoms with Crippen LogP contribution in [0, 0.1) is 10.8 Å². The molecule has 3 heteroatoms. The number of hydrogen-bond donors (Lipinski definition) is 2. The fourth-order valence-corrected chi connectivity index (χ4v) is 2.31. The van der Waals surface area contributed by atoms with Gasteiger partial charge in [-0.2, -0.15) is 0 Å². The van der Waals surface area contributed by atoms with E-state index in [1.54, 1.807) is 12.3 Å². The summed E-state index contributed by atoms with van der Waals surface area (Å²) in [7, 11) is 0. The van der Waals surface area contributed by atoms with Gasteiger partial charge in [0.2, 0.25) is 0 Å². The van der Waals surface area contributed by atoms with Crippen molar-refractivity contribution in [2.45, 2.75) is 0 Å². The zero-order valence-corrected chi connectivity index (χ0v) is 12.0. The molecule has 0 atom stereocenters. The summed E-state index contributed by atoms with van der Waals surface area (Å²) in [5, 5.41) is 16.8. The maximum absolute atomic E-state index is 8.43. The molecule has 0 spiro atoms. The number of nitrogens with zero attached hydrogens (tertiary/aromatic N) is 1. The van der Waals surface area contributed by atoms with E-state index >= 15 is 0 Å². The minimum Gasteiger partial charge on any atom is -0.300 e.